The van der Waals surface area contributed by atoms with Gasteiger partial charge in [0.1, 0.15) is 11.6 Å². The van der Waals surface area contributed by atoms with Crippen LogP contribution in [0.4, 0.5) is 5.82 Å². The largest absolute Gasteiger partial charge is 0.496 e. The predicted molar refractivity (Wildman–Crippen MR) is 121 cm³/mol. The molecule has 8 heteroatoms. The molecule has 156 valence electrons. The van der Waals surface area contributed by atoms with Gasteiger partial charge in [0.15, 0.2) is 5.78 Å². The smallest absolute Gasteiger partial charge is 0.329 e. The summed E-state index contributed by atoms with van der Waals surface area (Å²) in [5.74, 6) is 0.0852. The Kier molecular flexibility index (Phi) is 4.48. The third-order valence-corrected chi connectivity index (χ3v) is 6.32. The number of allylic oxidation sites excluding steroid dienone is 1. The normalized spacial score (nSPS) is 16.5. The number of anilines is 1. The van der Waals surface area contributed by atoms with Gasteiger partial charge in [0, 0.05) is 33.3 Å². The van der Waals surface area contributed by atoms with E-state index in [-0.39, 0.29) is 5.78 Å². The van der Waals surface area contributed by atoms with Crippen LogP contribution in [-0.4, -0.2) is 22.4 Å². The summed E-state index contributed by atoms with van der Waals surface area (Å²) in [6.07, 6.45) is 0. The molecular formula is C23H18BrN3O4. The first-order valence-corrected chi connectivity index (χ1v) is 10.6. The molecule has 1 atom stereocenters. The highest BCUT2D eigenvalue weighted by molar-refractivity contribution is 9.10. The molecule has 31 heavy (non-hydrogen) atoms. The Hall–Kier alpha value is -3.39. The number of aromatic nitrogens is 2. The first-order valence-electron chi connectivity index (χ1n) is 9.82. The average Bonchev–Trinajstić information content (AvgIpc) is 3.05. The van der Waals surface area contributed by atoms with Crippen LogP contribution < -0.4 is 21.3 Å². The summed E-state index contributed by atoms with van der Waals surface area (Å²) < 4.78 is 7.86. The lowest BCUT2D eigenvalue weighted by Crippen LogP contribution is -2.38. The molecule has 2 heterocycles. The van der Waals surface area contributed by atoms with Crippen molar-refractivity contribution in [2.75, 3.05) is 12.4 Å². The Morgan fingerprint density at radius 3 is 2.55 bits per heavy atom. The zero-order valence-corrected chi connectivity index (χ0v) is 18.4. The molecule has 0 spiro atoms. The van der Waals surface area contributed by atoms with Gasteiger partial charge in [0.05, 0.1) is 24.3 Å². The number of aromatic amines is 1. The summed E-state index contributed by atoms with van der Waals surface area (Å²) in [6, 6.07) is 12.8. The van der Waals surface area contributed by atoms with E-state index in [0.717, 1.165) is 10.0 Å². The number of hydrogen-bond donors (Lipinski definition) is 2. The van der Waals surface area contributed by atoms with E-state index >= 15 is 0 Å². The number of fused-ring (bicyclic) bond motifs is 3. The zero-order chi connectivity index (χ0) is 21.9. The SMILES string of the molecule is CCn1c2c(c(=O)[nH]c1=O)C(c1cc(Br)ccc1OC)C1=C(N2)c2ccccc2C1=O. The second-order valence-electron chi connectivity index (χ2n) is 7.37. The molecule has 7 nitrogen and oxygen atoms in total. The van der Waals surface area contributed by atoms with Crippen LogP contribution in [0.1, 0.15) is 39.9 Å². The van der Waals surface area contributed by atoms with Gasteiger partial charge >= 0.3 is 5.69 Å². The second-order valence-corrected chi connectivity index (χ2v) is 8.29. The van der Waals surface area contributed by atoms with E-state index in [1.807, 2.05) is 37.3 Å². The summed E-state index contributed by atoms with van der Waals surface area (Å²) in [5.41, 5.74) is 2.36. The quantitative estimate of drug-likeness (QED) is 0.599. The Bertz CT molecular complexity index is 1420. The summed E-state index contributed by atoms with van der Waals surface area (Å²) in [7, 11) is 1.55. The number of methoxy groups -OCH3 is 1. The Labute approximate surface area is 185 Å². The van der Waals surface area contributed by atoms with E-state index in [1.165, 1.54) is 4.57 Å². The Balaban J connectivity index is 1.91. The molecule has 5 rings (SSSR count). The standard InChI is InChI=1S/C23H18BrN3O4/c1-3-27-21-18(22(29)26-23(27)30)16(14-10-11(24)8-9-15(14)31-2)17-19(25-21)12-6-4-5-7-13(12)20(17)28/h4-10,16,25H,3H2,1-2H3,(H,26,29,30). The van der Waals surface area contributed by atoms with Crippen LogP contribution in [0, 0.1) is 0 Å². The maximum absolute atomic E-state index is 13.5. The van der Waals surface area contributed by atoms with Crippen LogP contribution in [0.2, 0.25) is 0 Å². The molecule has 2 N–H and O–H groups in total. The van der Waals surface area contributed by atoms with E-state index in [4.69, 9.17) is 4.74 Å². The fourth-order valence-electron chi connectivity index (χ4n) is 4.51. The van der Waals surface area contributed by atoms with Gasteiger partial charge in [0.25, 0.3) is 5.56 Å². The molecule has 1 aromatic heterocycles. The Morgan fingerprint density at radius 1 is 1.10 bits per heavy atom. The van der Waals surface area contributed by atoms with Crippen LogP contribution >= 0.6 is 15.9 Å². The lowest BCUT2D eigenvalue weighted by Gasteiger charge is -2.30. The van der Waals surface area contributed by atoms with Crippen molar-refractivity contribution in [1.29, 1.82) is 0 Å². The van der Waals surface area contributed by atoms with Crippen molar-refractivity contribution in [2.45, 2.75) is 19.4 Å². The van der Waals surface area contributed by atoms with Gasteiger partial charge in [-0.15, -0.1) is 0 Å². The number of carbonyl (C=O) groups is 1. The van der Waals surface area contributed by atoms with Crippen molar-refractivity contribution < 1.29 is 9.53 Å². The molecule has 0 fully saturated rings. The minimum Gasteiger partial charge on any atom is -0.496 e. The van der Waals surface area contributed by atoms with E-state index in [0.29, 0.717) is 46.1 Å². The first-order chi connectivity index (χ1) is 15.0. The van der Waals surface area contributed by atoms with Crippen molar-refractivity contribution in [1.82, 2.24) is 9.55 Å². The van der Waals surface area contributed by atoms with E-state index < -0.39 is 17.2 Å². The van der Waals surface area contributed by atoms with Gasteiger partial charge in [-0.2, -0.15) is 0 Å². The maximum Gasteiger partial charge on any atom is 0.329 e. The monoisotopic (exact) mass is 479 g/mol. The number of H-pyrrole nitrogens is 1. The number of nitrogens with one attached hydrogen (secondary N) is 2. The van der Waals surface area contributed by atoms with Crippen molar-refractivity contribution in [2.24, 2.45) is 0 Å². The maximum atomic E-state index is 13.5. The number of ketones is 1. The minimum absolute atomic E-state index is 0.149. The topological polar surface area (TPSA) is 93.2 Å². The van der Waals surface area contributed by atoms with Crippen LogP contribution in [-0.2, 0) is 6.54 Å². The number of Topliss-reactive ketones (excluding diaryl/α,β-unsaturated/α-hetero) is 1. The molecule has 1 unspecified atom stereocenters. The number of nitrogens with zero attached hydrogens (tertiary/aromatic N) is 1. The number of halogens is 1. The summed E-state index contributed by atoms with van der Waals surface area (Å²) in [6.45, 7) is 2.18. The van der Waals surface area contributed by atoms with Crippen molar-refractivity contribution in [3.05, 3.63) is 95.6 Å². The van der Waals surface area contributed by atoms with Crippen molar-refractivity contribution in [3.8, 4) is 5.75 Å². The van der Waals surface area contributed by atoms with Gasteiger partial charge < -0.3 is 10.1 Å². The second kappa shape index (κ2) is 7.09. The lowest BCUT2D eigenvalue weighted by molar-refractivity contribution is 0.103. The van der Waals surface area contributed by atoms with Gasteiger partial charge in [-0.1, -0.05) is 40.2 Å². The highest BCUT2D eigenvalue weighted by atomic mass is 79.9. The van der Waals surface area contributed by atoms with E-state index in [9.17, 15) is 14.4 Å². The third-order valence-electron chi connectivity index (χ3n) is 5.83. The zero-order valence-electron chi connectivity index (χ0n) is 16.8. The summed E-state index contributed by atoms with van der Waals surface area (Å²) in [4.78, 5) is 41.5. The van der Waals surface area contributed by atoms with Gasteiger partial charge in [-0.25, -0.2) is 4.79 Å². The Morgan fingerprint density at radius 2 is 1.84 bits per heavy atom. The molecule has 0 saturated heterocycles. The average molecular weight is 480 g/mol. The molecule has 0 radical (unpaired) electrons. The third kappa shape index (κ3) is 2.75. The first kappa shape index (κ1) is 19.6. The van der Waals surface area contributed by atoms with Crippen LogP contribution in [0.15, 0.2) is 62.1 Å². The number of ether oxygens (including phenoxy) is 1. The molecular weight excluding hydrogens is 462 g/mol. The highest BCUT2D eigenvalue weighted by Crippen LogP contribution is 2.49. The minimum atomic E-state index is -0.708. The molecule has 0 amide bonds. The fraction of sp³-hybridized carbons (Fsp3) is 0.174. The van der Waals surface area contributed by atoms with Crippen molar-refractivity contribution in [3.63, 3.8) is 0 Å². The summed E-state index contributed by atoms with van der Waals surface area (Å²) >= 11 is 3.49. The van der Waals surface area contributed by atoms with Crippen LogP contribution in [0.25, 0.3) is 5.70 Å². The number of hydrogen-bond acceptors (Lipinski definition) is 5. The van der Waals surface area contributed by atoms with E-state index in [2.05, 4.69) is 26.2 Å². The molecule has 1 aliphatic heterocycles. The summed E-state index contributed by atoms with van der Waals surface area (Å²) in [5, 5.41) is 3.25. The van der Waals surface area contributed by atoms with Crippen molar-refractivity contribution >= 4 is 33.2 Å². The van der Waals surface area contributed by atoms with Crippen LogP contribution in [0.5, 0.6) is 5.75 Å². The molecule has 0 saturated carbocycles. The fourth-order valence-corrected chi connectivity index (χ4v) is 4.89. The lowest BCUT2D eigenvalue weighted by atomic mass is 9.81. The number of benzene rings is 2. The molecule has 2 aromatic carbocycles. The predicted octanol–water partition coefficient (Wildman–Crippen LogP) is 3.49. The molecule has 0 bridgehead atoms. The number of carbonyl (C=O) groups excluding carboxylic acids is 1. The van der Waals surface area contributed by atoms with Crippen LogP contribution in [0.3, 0.4) is 0 Å². The molecule has 1 aliphatic carbocycles. The van der Waals surface area contributed by atoms with E-state index in [1.54, 1.807) is 19.2 Å². The molecule has 2 aliphatic rings. The van der Waals surface area contributed by atoms with Gasteiger partial charge in [-0.3, -0.25) is 19.1 Å². The van der Waals surface area contributed by atoms with Gasteiger partial charge in [-0.05, 0) is 25.1 Å². The highest BCUT2D eigenvalue weighted by Gasteiger charge is 2.43. The molecule has 3 aromatic rings. The number of rotatable bonds is 3. The van der Waals surface area contributed by atoms with Gasteiger partial charge in [0.2, 0.25) is 0 Å².